The van der Waals surface area contributed by atoms with Crippen LogP contribution >= 0.6 is 23.2 Å². The molecule has 2 aromatic rings. The van der Waals surface area contributed by atoms with E-state index in [1.54, 1.807) is 32.9 Å². The van der Waals surface area contributed by atoms with E-state index in [1.165, 1.54) is 23.1 Å². The highest BCUT2D eigenvalue weighted by Crippen LogP contribution is 2.29. The first-order chi connectivity index (χ1) is 16.8. The molecule has 10 nitrogen and oxygen atoms in total. The van der Waals surface area contributed by atoms with Crippen molar-refractivity contribution in [2.75, 3.05) is 23.7 Å². The van der Waals surface area contributed by atoms with Crippen LogP contribution in [0, 0.1) is 17.0 Å². The Morgan fingerprint density at radius 2 is 1.81 bits per heavy atom. The van der Waals surface area contributed by atoms with Gasteiger partial charge >= 0.3 is 0 Å². The molecule has 0 aliphatic rings. The lowest BCUT2D eigenvalue weighted by Gasteiger charge is -2.33. The van der Waals surface area contributed by atoms with Gasteiger partial charge < -0.3 is 10.2 Å². The Balaban J connectivity index is 2.55. The van der Waals surface area contributed by atoms with Crippen LogP contribution in [0.25, 0.3) is 0 Å². The minimum atomic E-state index is -4.04. The molecular weight excluding hydrogens is 531 g/mol. The number of hydrogen-bond donors (Lipinski definition) is 1. The maximum atomic E-state index is 13.6. The van der Waals surface area contributed by atoms with Crippen LogP contribution in [0.2, 0.25) is 10.0 Å². The molecule has 0 aliphatic carbocycles. The van der Waals surface area contributed by atoms with E-state index in [0.717, 1.165) is 16.6 Å². The van der Waals surface area contributed by atoms with E-state index >= 15 is 0 Å². The summed E-state index contributed by atoms with van der Waals surface area (Å²) in [7, 11) is -4.04. The third-order valence-electron chi connectivity index (χ3n) is 5.44. The quantitative estimate of drug-likeness (QED) is 0.328. The number of benzene rings is 2. The topological polar surface area (TPSA) is 130 Å². The number of halogens is 2. The molecular formula is C23H28Cl2N4O6S. The summed E-state index contributed by atoms with van der Waals surface area (Å²) in [5.41, 5.74) is 0.599. The van der Waals surface area contributed by atoms with Crippen LogP contribution in [0.4, 0.5) is 11.4 Å². The van der Waals surface area contributed by atoms with E-state index in [0.29, 0.717) is 22.7 Å². The number of nitro groups is 1. The minimum Gasteiger partial charge on any atom is -0.355 e. The number of nitrogens with zero attached hydrogens (tertiary/aromatic N) is 3. The largest absolute Gasteiger partial charge is 0.355 e. The van der Waals surface area contributed by atoms with Crippen molar-refractivity contribution in [3.8, 4) is 0 Å². The van der Waals surface area contributed by atoms with Gasteiger partial charge in [-0.3, -0.25) is 24.0 Å². The Bertz CT molecular complexity index is 1260. The zero-order chi connectivity index (χ0) is 27.2. The summed E-state index contributed by atoms with van der Waals surface area (Å²) in [6, 6.07) is 7.55. The number of carbonyl (C=O) groups excluding carboxylic acids is 2. The van der Waals surface area contributed by atoms with Gasteiger partial charge in [0.25, 0.3) is 5.69 Å². The molecule has 2 amide bonds. The van der Waals surface area contributed by atoms with Crippen molar-refractivity contribution in [2.24, 2.45) is 0 Å². The van der Waals surface area contributed by atoms with E-state index < -0.39 is 39.3 Å². The number of aryl methyl sites for hydroxylation is 1. The smallest absolute Gasteiger partial charge is 0.271 e. The van der Waals surface area contributed by atoms with Gasteiger partial charge in [-0.15, -0.1) is 0 Å². The third-order valence-corrected chi connectivity index (χ3v) is 7.16. The molecule has 196 valence electrons. The normalized spacial score (nSPS) is 12.1. The van der Waals surface area contributed by atoms with Gasteiger partial charge in [0.1, 0.15) is 12.6 Å². The van der Waals surface area contributed by atoms with E-state index in [9.17, 15) is 28.1 Å². The Labute approximate surface area is 220 Å². The van der Waals surface area contributed by atoms with E-state index in [2.05, 4.69) is 5.32 Å². The zero-order valence-corrected chi connectivity index (χ0v) is 22.7. The average molecular weight is 559 g/mol. The molecule has 2 rings (SSSR count). The molecule has 1 unspecified atom stereocenters. The average Bonchev–Trinajstić information content (AvgIpc) is 2.78. The molecule has 1 atom stereocenters. The number of sulfonamides is 1. The fourth-order valence-corrected chi connectivity index (χ4v) is 4.99. The first-order valence-electron chi connectivity index (χ1n) is 11.0. The number of anilines is 1. The summed E-state index contributed by atoms with van der Waals surface area (Å²) < 4.78 is 26.2. The monoisotopic (exact) mass is 558 g/mol. The number of carbonyl (C=O) groups is 2. The van der Waals surface area contributed by atoms with Crippen LogP contribution in [-0.2, 0) is 26.2 Å². The molecule has 0 aliphatic heterocycles. The number of nitrogens with one attached hydrogen (secondary N) is 1. The Hall–Kier alpha value is -2.89. The van der Waals surface area contributed by atoms with Gasteiger partial charge in [0.15, 0.2) is 0 Å². The van der Waals surface area contributed by atoms with E-state index in [4.69, 9.17) is 23.2 Å². The van der Waals surface area contributed by atoms with Gasteiger partial charge in [0, 0.05) is 35.3 Å². The van der Waals surface area contributed by atoms with Crippen molar-refractivity contribution in [3.63, 3.8) is 0 Å². The molecule has 0 heterocycles. The molecule has 0 spiro atoms. The lowest BCUT2D eigenvalue weighted by molar-refractivity contribution is -0.384. The first kappa shape index (κ1) is 29.3. The predicted octanol–water partition coefficient (Wildman–Crippen LogP) is 3.92. The number of hydrogen-bond acceptors (Lipinski definition) is 6. The summed E-state index contributed by atoms with van der Waals surface area (Å²) in [6.07, 6.45) is 1.15. The standard InChI is InChI=1S/C23H28Cl2N4O6S/c1-5-20(23(31)26-6-2)27(13-16-8-9-17(24)11-19(16)25)22(30)14-28(36(4,34)35)21-12-18(29(32)33)10-7-15(21)3/h7-12,20H,5-6,13-14H2,1-4H3,(H,26,31). The number of rotatable bonds is 11. The highest BCUT2D eigenvalue weighted by molar-refractivity contribution is 7.92. The van der Waals surface area contributed by atoms with Crippen LogP contribution in [0.3, 0.4) is 0 Å². The van der Waals surface area contributed by atoms with Crippen molar-refractivity contribution < 1.29 is 22.9 Å². The molecule has 1 N–H and O–H groups in total. The second kappa shape index (κ2) is 12.4. The summed E-state index contributed by atoms with van der Waals surface area (Å²) >= 11 is 12.3. The van der Waals surface area contributed by atoms with Crippen LogP contribution in [0.1, 0.15) is 31.4 Å². The highest BCUT2D eigenvalue weighted by atomic mass is 35.5. The highest BCUT2D eigenvalue weighted by Gasteiger charge is 2.32. The molecule has 2 aromatic carbocycles. The van der Waals surface area contributed by atoms with Crippen molar-refractivity contribution in [1.29, 1.82) is 0 Å². The SMILES string of the molecule is CCNC(=O)C(CC)N(Cc1ccc(Cl)cc1Cl)C(=O)CN(c1cc([N+](=O)[O-])ccc1C)S(C)(=O)=O. The zero-order valence-electron chi connectivity index (χ0n) is 20.3. The fourth-order valence-electron chi connectivity index (χ4n) is 3.62. The second-order valence-corrected chi connectivity index (χ2v) is 10.8. The van der Waals surface area contributed by atoms with Crippen LogP contribution in [0.5, 0.6) is 0 Å². The van der Waals surface area contributed by atoms with E-state index in [-0.39, 0.29) is 29.4 Å². The fraction of sp³-hybridized carbons (Fsp3) is 0.391. The number of non-ortho nitro benzene ring substituents is 1. The van der Waals surface area contributed by atoms with E-state index in [1.807, 2.05) is 0 Å². The maximum absolute atomic E-state index is 13.6. The second-order valence-electron chi connectivity index (χ2n) is 8.07. The summed E-state index contributed by atoms with van der Waals surface area (Å²) in [6.45, 7) is 4.61. The Kier molecular flexibility index (Phi) is 10.1. The number of likely N-dealkylation sites (N-methyl/N-ethyl adjacent to an activating group) is 1. The van der Waals surface area contributed by atoms with Gasteiger partial charge in [-0.05, 0) is 43.5 Å². The molecule has 0 saturated heterocycles. The minimum absolute atomic E-state index is 0.00409. The Morgan fingerprint density at radius 1 is 1.14 bits per heavy atom. The molecule has 0 bridgehead atoms. The van der Waals surface area contributed by atoms with Crippen LogP contribution in [-0.4, -0.2) is 55.4 Å². The molecule has 36 heavy (non-hydrogen) atoms. The van der Waals surface area contributed by atoms with Gasteiger partial charge in [-0.25, -0.2) is 8.42 Å². The lowest BCUT2D eigenvalue weighted by atomic mass is 10.1. The molecule has 0 fully saturated rings. The number of nitro benzene ring substituents is 1. The van der Waals surface area contributed by atoms with Crippen molar-refractivity contribution in [2.45, 2.75) is 39.8 Å². The predicted molar refractivity (Wildman–Crippen MR) is 140 cm³/mol. The first-order valence-corrected chi connectivity index (χ1v) is 13.6. The van der Waals surface area contributed by atoms with Gasteiger partial charge in [0.2, 0.25) is 21.8 Å². The summed E-state index contributed by atoms with van der Waals surface area (Å²) in [5, 5.41) is 14.6. The van der Waals surface area contributed by atoms with Gasteiger partial charge in [-0.1, -0.05) is 42.3 Å². The maximum Gasteiger partial charge on any atom is 0.271 e. The lowest BCUT2D eigenvalue weighted by Crippen LogP contribution is -2.52. The third kappa shape index (κ3) is 7.31. The van der Waals surface area contributed by atoms with Crippen LogP contribution in [0.15, 0.2) is 36.4 Å². The van der Waals surface area contributed by atoms with Gasteiger partial charge in [-0.2, -0.15) is 0 Å². The van der Waals surface area contributed by atoms with Crippen molar-refractivity contribution in [3.05, 3.63) is 67.7 Å². The van der Waals surface area contributed by atoms with Gasteiger partial charge in [0.05, 0.1) is 16.9 Å². The summed E-state index contributed by atoms with van der Waals surface area (Å²) in [4.78, 5) is 38.3. The number of amides is 2. The van der Waals surface area contributed by atoms with Crippen molar-refractivity contribution >= 4 is 56.4 Å². The molecule has 13 heteroatoms. The molecule has 0 aromatic heterocycles. The molecule has 0 saturated carbocycles. The van der Waals surface area contributed by atoms with Crippen molar-refractivity contribution in [1.82, 2.24) is 10.2 Å². The van der Waals surface area contributed by atoms with Crippen LogP contribution < -0.4 is 9.62 Å². The summed E-state index contributed by atoms with van der Waals surface area (Å²) in [5.74, 6) is -1.09. The Morgan fingerprint density at radius 3 is 2.33 bits per heavy atom. The molecule has 0 radical (unpaired) electrons.